The third kappa shape index (κ3) is 5.39. The van der Waals surface area contributed by atoms with Gasteiger partial charge in [0.15, 0.2) is 0 Å². The number of nitrogens with one attached hydrogen (secondary N) is 1. The standard InChI is InChI=1S/C29H24N4.2ClH/c1-33-20-31-19-28(33)29(23-9-3-2-4-10-23)32-18-21-14-15-24(17-30)27(16-21)26-13-7-11-22-8-5-6-12-25(22)26;;/h2-16,19-20,29,32H,18H2,1H3;2*1H. The molecule has 0 spiro atoms. The van der Waals surface area contributed by atoms with Gasteiger partial charge in [-0.05, 0) is 39.6 Å². The number of halogens is 2. The average Bonchev–Trinajstić information content (AvgIpc) is 3.30. The van der Waals surface area contributed by atoms with Crippen molar-refractivity contribution in [2.45, 2.75) is 12.6 Å². The molecule has 4 nitrogen and oxygen atoms in total. The summed E-state index contributed by atoms with van der Waals surface area (Å²) in [5.74, 6) is 0. The van der Waals surface area contributed by atoms with Crippen molar-refractivity contribution in [1.29, 1.82) is 5.26 Å². The van der Waals surface area contributed by atoms with Crippen LogP contribution in [0, 0.1) is 11.3 Å². The molecule has 1 aromatic heterocycles. The Morgan fingerprint density at radius 2 is 1.63 bits per heavy atom. The molecule has 1 unspecified atom stereocenters. The molecule has 0 aliphatic carbocycles. The van der Waals surface area contributed by atoms with Crippen LogP contribution in [0.4, 0.5) is 0 Å². The van der Waals surface area contributed by atoms with Crippen LogP contribution >= 0.6 is 24.8 Å². The number of benzene rings is 4. The van der Waals surface area contributed by atoms with Gasteiger partial charge in [-0.3, -0.25) is 0 Å². The molecular formula is C29H26Cl2N4. The normalized spacial score (nSPS) is 11.2. The Labute approximate surface area is 218 Å². The number of imidazole rings is 1. The molecule has 0 fully saturated rings. The zero-order valence-electron chi connectivity index (χ0n) is 19.3. The third-order valence-electron chi connectivity index (χ3n) is 6.08. The van der Waals surface area contributed by atoms with Crippen molar-refractivity contribution in [2.24, 2.45) is 7.05 Å². The van der Waals surface area contributed by atoms with Crippen molar-refractivity contribution in [3.8, 4) is 17.2 Å². The summed E-state index contributed by atoms with van der Waals surface area (Å²) in [4.78, 5) is 4.32. The summed E-state index contributed by atoms with van der Waals surface area (Å²) in [6.07, 6.45) is 3.73. The molecule has 1 heterocycles. The maximum absolute atomic E-state index is 9.79. The Balaban J connectivity index is 0.00000171. The van der Waals surface area contributed by atoms with Gasteiger partial charge in [-0.1, -0.05) is 78.9 Å². The van der Waals surface area contributed by atoms with Gasteiger partial charge in [-0.25, -0.2) is 4.98 Å². The van der Waals surface area contributed by atoms with E-state index in [1.54, 1.807) is 0 Å². The Kier molecular flexibility index (Phi) is 8.68. The van der Waals surface area contributed by atoms with Crippen LogP contribution in [0.3, 0.4) is 0 Å². The molecular weight excluding hydrogens is 475 g/mol. The second-order valence-electron chi connectivity index (χ2n) is 8.17. The van der Waals surface area contributed by atoms with Gasteiger partial charge in [-0.15, -0.1) is 24.8 Å². The molecule has 0 saturated carbocycles. The van der Waals surface area contributed by atoms with Gasteiger partial charge in [0.2, 0.25) is 0 Å². The largest absolute Gasteiger partial charge is 0.336 e. The van der Waals surface area contributed by atoms with E-state index in [4.69, 9.17) is 0 Å². The molecule has 1 N–H and O–H groups in total. The van der Waals surface area contributed by atoms with Crippen LogP contribution in [0.1, 0.15) is 28.4 Å². The highest BCUT2D eigenvalue weighted by Crippen LogP contribution is 2.32. The molecule has 0 radical (unpaired) electrons. The lowest BCUT2D eigenvalue weighted by atomic mass is 9.93. The minimum Gasteiger partial charge on any atom is -0.336 e. The molecule has 0 aliphatic heterocycles. The van der Waals surface area contributed by atoms with Gasteiger partial charge >= 0.3 is 0 Å². The summed E-state index contributed by atoms with van der Waals surface area (Å²) in [5, 5.41) is 15.8. The molecule has 1 atom stereocenters. The number of nitrogens with zero attached hydrogens (tertiary/aromatic N) is 3. The van der Waals surface area contributed by atoms with Crippen LogP contribution < -0.4 is 5.32 Å². The number of hydrogen-bond acceptors (Lipinski definition) is 3. The fourth-order valence-corrected chi connectivity index (χ4v) is 4.39. The third-order valence-corrected chi connectivity index (χ3v) is 6.08. The van der Waals surface area contributed by atoms with Crippen molar-refractivity contribution in [2.75, 3.05) is 0 Å². The van der Waals surface area contributed by atoms with Gasteiger partial charge in [0, 0.05) is 19.2 Å². The lowest BCUT2D eigenvalue weighted by Gasteiger charge is -2.20. The fraction of sp³-hybridized carbons (Fsp3) is 0.103. The average molecular weight is 501 g/mol. The van der Waals surface area contributed by atoms with E-state index in [0.717, 1.165) is 27.8 Å². The van der Waals surface area contributed by atoms with Crippen LogP contribution in [-0.2, 0) is 13.6 Å². The van der Waals surface area contributed by atoms with Crippen molar-refractivity contribution < 1.29 is 0 Å². The monoisotopic (exact) mass is 500 g/mol. The first-order valence-corrected chi connectivity index (χ1v) is 11.0. The van der Waals surface area contributed by atoms with Crippen LogP contribution in [0.5, 0.6) is 0 Å². The van der Waals surface area contributed by atoms with Gasteiger partial charge < -0.3 is 9.88 Å². The Morgan fingerprint density at radius 1 is 0.886 bits per heavy atom. The van der Waals surface area contributed by atoms with E-state index < -0.39 is 0 Å². The van der Waals surface area contributed by atoms with Crippen molar-refractivity contribution >= 4 is 35.6 Å². The van der Waals surface area contributed by atoms with Gasteiger partial charge in [0.1, 0.15) is 0 Å². The van der Waals surface area contributed by atoms with E-state index in [2.05, 4.69) is 77.0 Å². The van der Waals surface area contributed by atoms with E-state index >= 15 is 0 Å². The number of hydrogen-bond donors (Lipinski definition) is 1. The first-order valence-electron chi connectivity index (χ1n) is 11.0. The second kappa shape index (κ2) is 11.7. The van der Waals surface area contributed by atoms with Gasteiger partial charge in [0.05, 0.1) is 35.9 Å². The van der Waals surface area contributed by atoms with E-state index in [-0.39, 0.29) is 30.9 Å². The lowest BCUT2D eigenvalue weighted by Crippen LogP contribution is -2.24. The summed E-state index contributed by atoms with van der Waals surface area (Å²) in [6.45, 7) is 0.661. The van der Waals surface area contributed by atoms with E-state index in [9.17, 15) is 5.26 Å². The quantitative estimate of drug-likeness (QED) is 0.277. The zero-order chi connectivity index (χ0) is 22.6. The second-order valence-corrected chi connectivity index (χ2v) is 8.17. The molecule has 176 valence electrons. The predicted octanol–water partition coefficient (Wildman–Crippen LogP) is 6.83. The first-order chi connectivity index (χ1) is 16.2. The number of aryl methyl sites for hydroxylation is 1. The van der Waals surface area contributed by atoms with Crippen LogP contribution in [0.15, 0.2) is 104 Å². The minimum atomic E-state index is 0. The number of rotatable bonds is 6. The molecule has 0 bridgehead atoms. The molecule has 5 aromatic rings. The van der Waals surface area contributed by atoms with Gasteiger partial charge in [-0.2, -0.15) is 5.26 Å². The maximum Gasteiger partial charge on any atom is 0.0998 e. The van der Waals surface area contributed by atoms with Crippen molar-refractivity contribution in [3.63, 3.8) is 0 Å². The summed E-state index contributed by atoms with van der Waals surface area (Å²) in [6, 6.07) is 33.4. The molecule has 35 heavy (non-hydrogen) atoms. The number of aromatic nitrogens is 2. The van der Waals surface area contributed by atoms with Crippen molar-refractivity contribution in [3.05, 3.63) is 126 Å². The van der Waals surface area contributed by atoms with Crippen LogP contribution in [0.2, 0.25) is 0 Å². The summed E-state index contributed by atoms with van der Waals surface area (Å²) < 4.78 is 2.05. The molecule has 0 saturated heterocycles. The van der Waals surface area contributed by atoms with E-state index in [1.165, 1.54) is 10.9 Å². The Hall–Kier alpha value is -3.62. The molecule has 4 aromatic carbocycles. The van der Waals surface area contributed by atoms with E-state index in [1.807, 2.05) is 54.5 Å². The Bertz CT molecular complexity index is 1450. The first kappa shape index (κ1) is 26.0. The molecule has 6 heteroatoms. The van der Waals surface area contributed by atoms with Crippen molar-refractivity contribution in [1.82, 2.24) is 14.9 Å². The van der Waals surface area contributed by atoms with Crippen LogP contribution in [0.25, 0.3) is 21.9 Å². The topological polar surface area (TPSA) is 53.6 Å². The highest BCUT2D eigenvalue weighted by atomic mass is 35.5. The smallest absolute Gasteiger partial charge is 0.0998 e. The number of fused-ring (bicyclic) bond motifs is 1. The zero-order valence-corrected chi connectivity index (χ0v) is 20.9. The molecule has 0 amide bonds. The number of nitriles is 1. The van der Waals surface area contributed by atoms with E-state index in [0.29, 0.717) is 12.1 Å². The highest BCUT2D eigenvalue weighted by molar-refractivity contribution is 5.97. The summed E-state index contributed by atoms with van der Waals surface area (Å²) >= 11 is 0. The maximum atomic E-state index is 9.79. The van der Waals surface area contributed by atoms with Gasteiger partial charge in [0.25, 0.3) is 0 Å². The molecule has 5 rings (SSSR count). The minimum absolute atomic E-state index is 0. The summed E-state index contributed by atoms with van der Waals surface area (Å²) in [5.41, 5.74) is 6.14. The SMILES string of the molecule is Cl.Cl.Cn1cncc1C(NCc1ccc(C#N)c(-c2cccc3ccccc23)c1)c1ccccc1. The lowest BCUT2D eigenvalue weighted by molar-refractivity contribution is 0.573. The predicted molar refractivity (Wildman–Crippen MR) is 147 cm³/mol. The fourth-order valence-electron chi connectivity index (χ4n) is 4.39. The van der Waals surface area contributed by atoms with Crippen LogP contribution in [-0.4, -0.2) is 9.55 Å². The molecule has 0 aliphatic rings. The summed E-state index contributed by atoms with van der Waals surface area (Å²) in [7, 11) is 2.01. The Morgan fingerprint density at radius 3 is 2.37 bits per heavy atom. The highest BCUT2D eigenvalue weighted by Gasteiger charge is 2.17.